The van der Waals surface area contributed by atoms with E-state index < -0.39 is 0 Å². The van der Waals surface area contributed by atoms with E-state index in [1.54, 1.807) is 12.1 Å². The van der Waals surface area contributed by atoms with Crippen molar-refractivity contribution in [1.82, 2.24) is 10.2 Å². The summed E-state index contributed by atoms with van der Waals surface area (Å²) in [6.07, 6.45) is 0.636. The lowest BCUT2D eigenvalue weighted by Crippen LogP contribution is -2.01. The lowest BCUT2D eigenvalue weighted by Gasteiger charge is -2.07. The van der Waals surface area contributed by atoms with E-state index in [0.717, 1.165) is 22.4 Å². The lowest BCUT2D eigenvalue weighted by molar-refractivity contribution is 0.627. The molecule has 0 bridgehead atoms. The molecule has 1 heterocycles. The van der Waals surface area contributed by atoms with Crippen LogP contribution in [0.2, 0.25) is 5.15 Å². The zero-order valence-electron chi connectivity index (χ0n) is 9.67. The second-order valence-electron chi connectivity index (χ2n) is 3.99. The standard InChI is InChI=1S/C13H12ClFN2/c1-8-9(2)13(14)17-16-12(8)7-10-3-5-11(15)6-4-10/h3-6H,7H2,1-2H3. The van der Waals surface area contributed by atoms with E-state index in [2.05, 4.69) is 10.2 Å². The van der Waals surface area contributed by atoms with Gasteiger partial charge in [0, 0.05) is 6.42 Å². The molecule has 0 N–H and O–H groups in total. The van der Waals surface area contributed by atoms with Gasteiger partial charge in [0.25, 0.3) is 0 Å². The Morgan fingerprint density at radius 2 is 1.71 bits per heavy atom. The average Bonchev–Trinajstić information content (AvgIpc) is 2.33. The second-order valence-corrected chi connectivity index (χ2v) is 4.35. The van der Waals surface area contributed by atoms with Crippen LogP contribution in [0, 0.1) is 19.7 Å². The first kappa shape index (κ1) is 12.0. The second kappa shape index (κ2) is 4.80. The molecule has 0 aliphatic carbocycles. The smallest absolute Gasteiger partial charge is 0.154 e. The van der Waals surface area contributed by atoms with Gasteiger partial charge in [-0.25, -0.2) is 4.39 Å². The summed E-state index contributed by atoms with van der Waals surface area (Å²) in [7, 11) is 0. The van der Waals surface area contributed by atoms with E-state index in [4.69, 9.17) is 11.6 Å². The van der Waals surface area contributed by atoms with E-state index >= 15 is 0 Å². The summed E-state index contributed by atoms with van der Waals surface area (Å²) in [6.45, 7) is 3.88. The summed E-state index contributed by atoms with van der Waals surface area (Å²) >= 11 is 5.89. The maximum atomic E-state index is 12.8. The Labute approximate surface area is 104 Å². The number of rotatable bonds is 2. The molecule has 0 saturated heterocycles. The molecule has 88 valence electrons. The minimum Gasteiger partial charge on any atom is -0.207 e. The third-order valence-corrected chi connectivity index (χ3v) is 3.21. The van der Waals surface area contributed by atoms with Gasteiger partial charge in [0.05, 0.1) is 5.69 Å². The van der Waals surface area contributed by atoms with Crippen LogP contribution in [0.5, 0.6) is 0 Å². The van der Waals surface area contributed by atoms with Gasteiger partial charge in [-0.2, -0.15) is 5.10 Å². The average molecular weight is 251 g/mol. The number of hydrogen-bond donors (Lipinski definition) is 0. The van der Waals surface area contributed by atoms with Crippen LogP contribution < -0.4 is 0 Å². The van der Waals surface area contributed by atoms with Crippen molar-refractivity contribution < 1.29 is 4.39 Å². The van der Waals surface area contributed by atoms with Crippen LogP contribution in [-0.2, 0) is 6.42 Å². The zero-order valence-corrected chi connectivity index (χ0v) is 10.4. The highest BCUT2D eigenvalue weighted by Gasteiger charge is 2.08. The van der Waals surface area contributed by atoms with Crippen molar-refractivity contribution in [2.24, 2.45) is 0 Å². The summed E-state index contributed by atoms with van der Waals surface area (Å²) < 4.78 is 12.8. The third-order valence-electron chi connectivity index (χ3n) is 2.85. The topological polar surface area (TPSA) is 25.8 Å². The predicted molar refractivity (Wildman–Crippen MR) is 65.7 cm³/mol. The lowest BCUT2D eigenvalue weighted by atomic mass is 10.0. The molecule has 0 fully saturated rings. The van der Waals surface area contributed by atoms with E-state index in [1.165, 1.54) is 12.1 Å². The van der Waals surface area contributed by atoms with Crippen molar-refractivity contribution >= 4 is 11.6 Å². The molecule has 2 aromatic rings. The molecule has 0 aliphatic heterocycles. The van der Waals surface area contributed by atoms with E-state index in [9.17, 15) is 4.39 Å². The summed E-state index contributed by atoms with van der Waals surface area (Å²) in [5.74, 6) is -0.233. The maximum Gasteiger partial charge on any atom is 0.154 e. The fraction of sp³-hybridized carbons (Fsp3) is 0.231. The molecular weight excluding hydrogens is 239 g/mol. The van der Waals surface area contributed by atoms with Crippen molar-refractivity contribution in [3.8, 4) is 0 Å². The normalized spacial score (nSPS) is 10.6. The molecule has 0 aliphatic rings. The van der Waals surface area contributed by atoms with Gasteiger partial charge < -0.3 is 0 Å². The number of benzene rings is 1. The first-order chi connectivity index (χ1) is 8.08. The van der Waals surface area contributed by atoms with Gasteiger partial charge in [-0.15, -0.1) is 5.10 Å². The highest BCUT2D eigenvalue weighted by atomic mass is 35.5. The van der Waals surface area contributed by atoms with Gasteiger partial charge in [-0.05, 0) is 42.7 Å². The van der Waals surface area contributed by atoms with Crippen molar-refractivity contribution in [3.05, 3.63) is 57.6 Å². The number of aromatic nitrogens is 2. The van der Waals surface area contributed by atoms with Crippen LogP contribution in [0.15, 0.2) is 24.3 Å². The maximum absolute atomic E-state index is 12.8. The Kier molecular flexibility index (Phi) is 3.38. The molecule has 4 heteroatoms. The molecule has 0 spiro atoms. The van der Waals surface area contributed by atoms with E-state index in [0.29, 0.717) is 11.6 Å². The number of hydrogen-bond acceptors (Lipinski definition) is 2. The summed E-state index contributed by atoms with van der Waals surface area (Å²) in [5, 5.41) is 8.41. The SMILES string of the molecule is Cc1c(Cl)nnc(Cc2ccc(F)cc2)c1C. The first-order valence-corrected chi connectivity index (χ1v) is 5.68. The van der Waals surface area contributed by atoms with E-state index in [1.807, 2.05) is 13.8 Å². The largest absolute Gasteiger partial charge is 0.207 e. The van der Waals surface area contributed by atoms with Gasteiger partial charge in [0.2, 0.25) is 0 Å². The summed E-state index contributed by atoms with van der Waals surface area (Å²) in [4.78, 5) is 0. The fourth-order valence-corrected chi connectivity index (χ4v) is 1.77. The van der Waals surface area contributed by atoms with Gasteiger partial charge in [-0.1, -0.05) is 23.7 Å². The van der Waals surface area contributed by atoms with Crippen molar-refractivity contribution in [3.63, 3.8) is 0 Å². The third kappa shape index (κ3) is 2.61. The van der Waals surface area contributed by atoms with Gasteiger partial charge in [0.15, 0.2) is 5.15 Å². The molecule has 0 saturated carbocycles. The minimum atomic E-state index is -0.233. The summed E-state index contributed by atoms with van der Waals surface area (Å²) in [5.41, 5.74) is 3.86. The Balaban J connectivity index is 2.30. The number of halogens is 2. The molecule has 0 radical (unpaired) electrons. The molecule has 0 unspecified atom stereocenters. The Hall–Kier alpha value is -1.48. The van der Waals surface area contributed by atoms with Crippen LogP contribution in [0.4, 0.5) is 4.39 Å². The Morgan fingerprint density at radius 3 is 2.35 bits per heavy atom. The quantitative estimate of drug-likeness (QED) is 0.816. The van der Waals surface area contributed by atoms with Crippen molar-refractivity contribution in [2.45, 2.75) is 20.3 Å². The van der Waals surface area contributed by atoms with Crippen LogP contribution >= 0.6 is 11.6 Å². The zero-order chi connectivity index (χ0) is 12.4. The predicted octanol–water partition coefficient (Wildman–Crippen LogP) is 3.48. The molecule has 1 aromatic carbocycles. The monoisotopic (exact) mass is 250 g/mol. The fourth-order valence-electron chi connectivity index (χ4n) is 1.59. The van der Waals surface area contributed by atoms with Gasteiger partial charge in [0.1, 0.15) is 5.82 Å². The molecular formula is C13H12ClFN2. The molecule has 0 atom stereocenters. The van der Waals surface area contributed by atoms with Crippen LogP contribution in [0.25, 0.3) is 0 Å². The van der Waals surface area contributed by atoms with Crippen LogP contribution in [0.3, 0.4) is 0 Å². The van der Waals surface area contributed by atoms with Crippen LogP contribution in [-0.4, -0.2) is 10.2 Å². The van der Waals surface area contributed by atoms with Gasteiger partial charge >= 0.3 is 0 Å². The molecule has 1 aromatic heterocycles. The van der Waals surface area contributed by atoms with E-state index in [-0.39, 0.29) is 5.82 Å². The minimum absolute atomic E-state index is 0.233. The Morgan fingerprint density at radius 1 is 1.06 bits per heavy atom. The molecule has 17 heavy (non-hydrogen) atoms. The molecule has 2 rings (SSSR count). The van der Waals surface area contributed by atoms with Crippen molar-refractivity contribution in [2.75, 3.05) is 0 Å². The van der Waals surface area contributed by atoms with Crippen molar-refractivity contribution in [1.29, 1.82) is 0 Å². The van der Waals surface area contributed by atoms with Crippen LogP contribution in [0.1, 0.15) is 22.4 Å². The Bertz CT molecular complexity index is 538. The highest BCUT2D eigenvalue weighted by Crippen LogP contribution is 2.19. The summed E-state index contributed by atoms with van der Waals surface area (Å²) in [6, 6.07) is 6.39. The van der Waals surface area contributed by atoms with Gasteiger partial charge in [-0.3, -0.25) is 0 Å². The highest BCUT2D eigenvalue weighted by molar-refractivity contribution is 6.30. The molecule has 2 nitrogen and oxygen atoms in total. The number of nitrogens with zero attached hydrogens (tertiary/aromatic N) is 2. The molecule has 0 amide bonds. The first-order valence-electron chi connectivity index (χ1n) is 5.30.